The summed E-state index contributed by atoms with van der Waals surface area (Å²) in [5.41, 5.74) is 0.652. The SMILES string of the molecule is CCC1(CNCCSC2CCNCC2)CCCC1. The highest BCUT2D eigenvalue weighted by molar-refractivity contribution is 7.99. The Morgan fingerprint density at radius 3 is 2.61 bits per heavy atom. The molecular formula is C15H30N2S. The maximum Gasteiger partial charge on any atom is 0.00716 e. The predicted octanol–water partition coefficient (Wildman–Crippen LogP) is 3.03. The molecule has 1 saturated carbocycles. The van der Waals surface area contributed by atoms with Crippen molar-refractivity contribution in [3.05, 3.63) is 0 Å². The molecule has 0 bridgehead atoms. The zero-order chi connectivity index (χ0) is 12.7. The van der Waals surface area contributed by atoms with Gasteiger partial charge in [0.05, 0.1) is 0 Å². The summed E-state index contributed by atoms with van der Waals surface area (Å²) in [4.78, 5) is 0. The molecule has 0 spiro atoms. The summed E-state index contributed by atoms with van der Waals surface area (Å²) < 4.78 is 0. The van der Waals surface area contributed by atoms with Crippen LogP contribution in [-0.2, 0) is 0 Å². The Hall–Kier alpha value is 0.270. The van der Waals surface area contributed by atoms with E-state index >= 15 is 0 Å². The minimum atomic E-state index is 0.652. The highest BCUT2D eigenvalue weighted by atomic mass is 32.2. The van der Waals surface area contributed by atoms with Gasteiger partial charge >= 0.3 is 0 Å². The average molecular weight is 270 g/mol. The third kappa shape index (κ3) is 4.43. The van der Waals surface area contributed by atoms with E-state index in [2.05, 4.69) is 29.3 Å². The molecule has 2 aliphatic rings. The standard InChI is InChI=1S/C15H30N2S/c1-2-15(7-3-4-8-15)13-17-11-12-18-14-5-9-16-10-6-14/h14,16-17H,2-13H2,1H3. The maximum atomic E-state index is 3.72. The first-order chi connectivity index (χ1) is 8.85. The van der Waals surface area contributed by atoms with E-state index in [-0.39, 0.29) is 0 Å². The Kier molecular flexibility index (Phi) is 6.33. The van der Waals surface area contributed by atoms with Gasteiger partial charge in [-0.2, -0.15) is 11.8 Å². The van der Waals surface area contributed by atoms with Crippen molar-refractivity contribution in [2.24, 2.45) is 5.41 Å². The predicted molar refractivity (Wildman–Crippen MR) is 82.4 cm³/mol. The molecule has 18 heavy (non-hydrogen) atoms. The molecule has 1 saturated heterocycles. The van der Waals surface area contributed by atoms with Gasteiger partial charge < -0.3 is 10.6 Å². The van der Waals surface area contributed by atoms with Gasteiger partial charge in [-0.1, -0.05) is 19.8 Å². The first-order valence-electron chi connectivity index (χ1n) is 7.88. The molecule has 1 aliphatic heterocycles. The van der Waals surface area contributed by atoms with Crippen LogP contribution < -0.4 is 10.6 Å². The van der Waals surface area contributed by atoms with Crippen LogP contribution in [0.25, 0.3) is 0 Å². The molecule has 3 heteroatoms. The number of nitrogens with one attached hydrogen (secondary N) is 2. The fraction of sp³-hybridized carbons (Fsp3) is 1.00. The molecule has 0 aromatic carbocycles. The zero-order valence-electron chi connectivity index (χ0n) is 12.0. The zero-order valence-corrected chi connectivity index (χ0v) is 12.8. The number of hydrogen-bond acceptors (Lipinski definition) is 3. The van der Waals surface area contributed by atoms with Crippen molar-refractivity contribution in [3.8, 4) is 0 Å². The van der Waals surface area contributed by atoms with E-state index in [1.807, 2.05) is 0 Å². The molecule has 2 N–H and O–H groups in total. The lowest BCUT2D eigenvalue weighted by molar-refractivity contribution is 0.271. The third-order valence-electron chi connectivity index (χ3n) is 4.83. The van der Waals surface area contributed by atoms with Crippen LogP contribution >= 0.6 is 11.8 Å². The van der Waals surface area contributed by atoms with Crippen LogP contribution in [0.1, 0.15) is 51.9 Å². The second-order valence-electron chi connectivity index (χ2n) is 6.06. The highest BCUT2D eigenvalue weighted by Crippen LogP contribution is 2.40. The van der Waals surface area contributed by atoms with E-state index in [1.165, 1.54) is 76.9 Å². The van der Waals surface area contributed by atoms with Crippen LogP contribution in [-0.4, -0.2) is 37.2 Å². The minimum Gasteiger partial charge on any atom is -0.317 e. The van der Waals surface area contributed by atoms with Crippen LogP contribution in [0, 0.1) is 5.41 Å². The Morgan fingerprint density at radius 2 is 1.94 bits per heavy atom. The van der Waals surface area contributed by atoms with Gasteiger partial charge in [0.25, 0.3) is 0 Å². The van der Waals surface area contributed by atoms with Crippen LogP contribution in [0.3, 0.4) is 0 Å². The van der Waals surface area contributed by atoms with Crippen molar-refractivity contribution >= 4 is 11.8 Å². The summed E-state index contributed by atoms with van der Waals surface area (Å²) in [7, 11) is 0. The summed E-state index contributed by atoms with van der Waals surface area (Å²) in [5.74, 6) is 1.30. The molecule has 0 aromatic rings. The van der Waals surface area contributed by atoms with E-state index in [0.29, 0.717) is 5.41 Å². The Morgan fingerprint density at radius 1 is 1.22 bits per heavy atom. The highest BCUT2D eigenvalue weighted by Gasteiger charge is 2.31. The summed E-state index contributed by atoms with van der Waals surface area (Å²) in [6.45, 7) is 7.29. The molecule has 2 nitrogen and oxygen atoms in total. The van der Waals surface area contributed by atoms with Gasteiger partial charge in [0.15, 0.2) is 0 Å². The van der Waals surface area contributed by atoms with E-state index in [1.54, 1.807) is 0 Å². The van der Waals surface area contributed by atoms with Gasteiger partial charge in [0.2, 0.25) is 0 Å². The first-order valence-corrected chi connectivity index (χ1v) is 8.93. The first kappa shape index (κ1) is 14.7. The normalized spacial score (nSPS) is 24.5. The van der Waals surface area contributed by atoms with Gasteiger partial charge in [-0.05, 0) is 50.6 Å². The second kappa shape index (κ2) is 7.76. The number of hydrogen-bond donors (Lipinski definition) is 2. The van der Waals surface area contributed by atoms with E-state index in [9.17, 15) is 0 Å². The quantitative estimate of drug-likeness (QED) is 0.695. The molecule has 0 amide bonds. The van der Waals surface area contributed by atoms with Crippen molar-refractivity contribution in [1.29, 1.82) is 0 Å². The van der Waals surface area contributed by atoms with Gasteiger partial charge in [-0.3, -0.25) is 0 Å². The maximum absolute atomic E-state index is 3.72. The van der Waals surface area contributed by atoms with Crippen molar-refractivity contribution in [2.75, 3.05) is 31.9 Å². The van der Waals surface area contributed by atoms with Crippen LogP contribution in [0.15, 0.2) is 0 Å². The van der Waals surface area contributed by atoms with Gasteiger partial charge in [-0.25, -0.2) is 0 Å². The second-order valence-corrected chi connectivity index (χ2v) is 7.47. The van der Waals surface area contributed by atoms with E-state index in [4.69, 9.17) is 0 Å². The lowest BCUT2D eigenvalue weighted by Gasteiger charge is -2.28. The van der Waals surface area contributed by atoms with Crippen molar-refractivity contribution in [2.45, 2.75) is 57.1 Å². The smallest absolute Gasteiger partial charge is 0.00716 e. The molecule has 2 rings (SSSR count). The van der Waals surface area contributed by atoms with E-state index in [0.717, 1.165) is 5.25 Å². The number of rotatable bonds is 7. The third-order valence-corrected chi connectivity index (χ3v) is 6.22. The molecule has 2 fully saturated rings. The van der Waals surface area contributed by atoms with Gasteiger partial charge in [0, 0.05) is 24.1 Å². The Bertz CT molecular complexity index is 221. The van der Waals surface area contributed by atoms with Crippen molar-refractivity contribution < 1.29 is 0 Å². The summed E-state index contributed by atoms with van der Waals surface area (Å²) in [5, 5.41) is 8.08. The topological polar surface area (TPSA) is 24.1 Å². The lowest BCUT2D eigenvalue weighted by Crippen LogP contribution is -2.33. The summed E-state index contributed by atoms with van der Waals surface area (Å²) >= 11 is 2.18. The van der Waals surface area contributed by atoms with Crippen LogP contribution in [0.5, 0.6) is 0 Å². The number of piperidine rings is 1. The van der Waals surface area contributed by atoms with Crippen molar-refractivity contribution in [3.63, 3.8) is 0 Å². The van der Waals surface area contributed by atoms with Gasteiger partial charge in [-0.15, -0.1) is 0 Å². The summed E-state index contributed by atoms with van der Waals surface area (Å²) in [6, 6.07) is 0. The molecule has 106 valence electrons. The molecule has 1 aliphatic carbocycles. The Labute approximate surface area is 117 Å². The molecule has 0 unspecified atom stereocenters. The molecule has 0 radical (unpaired) electrons. The molecule has 0 atom stereocenters. The van der Waals surface area contributed by atoms with Crippen LogP contribution in [0.4, 0.5) is 0 Å². The van der Waals surface area contributed by atoms with Gasteiger partial charge in [0.1, 0.15) is 0 Å². The molecule has 0 aromatic heterocycles. The fourth-order valence-electron chi connectivity index (χ4n) is 3.39. The molecular weight excluding hydrogens is 240 g/mol. The average Bonchev–Trinajstić information content (AvgIpc) is 2.89. The fourth-order valence-corrected chi connectivity index (χ4v) is 4.56. The monoisotopic (exact) mass is 270 g/mol. The minimum absolute atomic E-state index is 0.652. The largest absolute Gasteiger partial charge is 0.317 e. The Balaban J connectivity index is 1.52. The molecule has 1 heterocycles. The van der Waals surface area contributed by atoms with Crippen molar-refractivity contribution in [1.82, 2.24) is 10.6 Å². The van der Waals surface area contributed by atoms with Crippen LogP contribution in [0.2, 0.25) is 0 Å². The lowest BCUT2D eigenvalue weighted by atomic mass is 9.83. The van der Waals surface area contributed by atoms with E-state index < -0.39 is 0 Å². The number of thioether (sulfide) groups is 1. The summed E-state index contributed by atoms with van der Waals surface area (Å²) in [6.07, 6.45) is 9.92.